The van der Waals surface area contributed by atoms with Crippen LogP contribution in [0.2, 0.25) is 0 Å². The Kier molecular flexibility index (Phi) is 4.45. The van der Waals surface area contributed by atoms with Crippen LogP contribution >= 0.6 is 0 Å². The van der Waals surface area contributed by atoms with Crippen molar-refractivity contribution < 1.29 is 9.18 Å². The summed E-state index contributed by atoms with van der Waals surface area (Å²) in [6, 6.07) is 14.8. The number of rotatable bonds is 3. The quantitative estimate of drug-likeness (QED) is 0.565. The summed E-state index contributed by atoms with van der Waals surface area (Å²) in [5, 5.41) is 4.74. The standard InChI is InChI=1S/C24H25FN2O/c1-15(2)16-9-11-17(12-10-16)27-20-13-24(3,4)14-21(28)22(20)23(26-27)18-7-5-6-8-19(18)25/h5-12,15H,13-14H2,1-4H3. The van der Waals surface area contributed by atoms with E-state index in [1.165, 1.54) is 11.6 Å². The number of fused-ring (bicyclic) bond motifs is 1. The second kappa shape index (κ2) is 6.69. The number of aromatic nitrogens is 2. The zero-order valence-electron chi connectivity index (χ0n) is 16.8. The van der Waals surface area contributed by atoms with Crippen molar-refractivity contribution >= 4 is 5.78 Å². The van der Waals surface area contributed by atoms with E-state index in [-0.39, 0.29) is 17.0 Å². The highest BCUT2D eigenvalue weighted by molar-refractivity contribution is 6.04. The lowest BCUT2D eigenvalue weighted by atomic mass is 9.75. The highest BCUT2D eigenvalue weighted by atomic mass is 19.1. The molecule has 0 radical (unpaired) electrons. The van der Waals surface area contributed by atoms with E-state index < -0.39 is 0 Å². The molecular weight excluding hydrogens is 351 g/mol. The summed E-state index contributed by atoms with van der Waals surface area (Å²) in [6.45, 7) is 8.50. The van der Waals surface area contributed by atoms with Crippen molar-refractivity contribution in [2.45, 2.75) is 46.5 Å². The van der Waals surface area contributed by atoms with E-state index in [1.807, 2.05) is 16.8 Å². The Morgan fingerprint density at radius 3 is 2.36 bits per heavy atom. The van der Waals surface area contributed by atoms with E-state index in [4.69, 9.17) is 5.10 Å². The number of hydrogen-bond donors (Lipinski definition) is 0. The van der Waals surface area contributed by atoms with Crippen LogP contribution in [0.3, 0.4) is 0 Å². The molecule has 3 aromatic rings. The van der Waals surface area contributed by atoms with Crippen LogP contribution in [0.1, 0.15) is 61.6 Å². The Balaban J connectivity index is 1.94. The number of benzene rings is 2. The number of carbonyl (C=O) groups is 1. The van der Waals surface area contributed by atoms with Gasteiger partial charge in [0.1, 0.15) is 11.5 Å². The first-order valence-corrected chi connectivity index (χ1v) is 9.77. The predicted molar refractivity (Wildman–Crippen MR) is 109 cm³/mol. The molecule has 1 aromatic heterocycles. The molecule has 1 aliphatic rings. The smallest absolute Gasteiger partial charge is 0.167 e. The third-order valence-electron chi connectivity index (χ3n) is 5.48. The minimum Gasteiger partial charge on any atom is -0.294 e. The molecule has 3 nitrogen and oxygen atoms in total. The van der Waals surface area contributed by atoms with Gasteiger partial charge in [0, 0.05) is 12.0 Å². The van der Waals surface area contributed by atoms with Gasteiger partial charge in [-0.15, -0.1) is 0 Å². The molecule has 0 fully saturated rings. The molecule has 144 valence electrons. The predicted octanol–water partition coefficient (Wildman–Crippen LogP) is 5.96. The zero-order valence-corrected chi connectivity index (χ0v) is 16.8. The van der Waals surface area contributed by atoms with Crippen LogP contribution in [0, 0.1) is 11.2 Å². The van der Waals surface area contributed by atoms with Gasteiger partial charge in [-0.05, 0) is 47.6 Å². The van der Waals surface area contributed by atoms with Crippen LogP contribution in [-0.4, -0.2) is 15.6 Å². The topological polar surface area (TPSA) is 34.9 Å². The molecule has 0 N–H and O–H groups in total. The molecule has 1 aliphatic carbocycles. The SMILES string of the molecule is CC(C)c1ccc(-n2nc(-c3ccccc3F)c3c2CC(C)(C)CC3=O)cc1. The molecule has 2 aromatic carbocycles. The van der Waals surface area contributed by atoms with Crippen molar-refractivity contribution in [3.8, 4) is 16.9 Å². The fraction of sp³-hybridized carbons (Fsp3) is 0.333. The Morgan fingerprint density at radius 2 is 1.71 bits per heavy atom. The molecule has 0 unspecified atom stereocenters. The number of carbonyl (C=O) groups excluding carboxylic acids is 1. The van der Waals surface area contributed by atoms with Crippen LogP contribution in [0.25, 0.3) is 16.9 Å². The summed E-state index contributed by atoms with van der Waals surface area (Å²) >= 11 is 0. The van der Waals surface area contributed by atoms with E-state index in [9.17, 15) is 9.18 Å². The average Bonchev–Trinajstić information content (AvgIpc) is 3.00. The van der Waals surface area contributed by atoms with Gasteiger partial charge in [0.05, 0.1) is 16.9 Å². The minimum atomic E-state index is -0.359. The van der Waals surface area contributed by atoms with E-state index >= 15 is 0 Å². The van der Waals surface area contributed by atoms with Gasteiger partial charge in [0.25, 0.3) is 0 Å². The maximum atomic E-state index is 14.5. The second-order valence-electron chi connectivity index (χ2n) is 8.75. The van der Waals surface area contributed by atoms with Crippen molar-refractivity contribution in [1.29, 1.82) is 0 Å². The summed E-state index contributed by atoms with van der Waals surface area (Å²) in [4.78, 5) is 13.0. The molecule has 4 rings (SSSR count). The Morgan fingerprint density at radius 1 is 1.04 bits per heavy atom. The first-order chi connectivity index (χ1) is 13.3. The lowest BCUT2D eigenvalue weighted by Crippen LogP contribution is -2.28. The summed E-state index contributed by atoms with van der Waals surface area (Å²) in [7, 11) is 0. The maximum Gasteiger partial charge on any atom is 0.167 e. The molecule has 1 heterocycles. The van der Waals surface area contributed by atoms with Gasteiger partial charge in [0.2, 0.25) is 0 Å². The Bertz CT molecular complexity index is 1040. The number of ketones is 1. The van der Waals surface area contributed by atoms with Crippen LogP contribution in [-0.2, 0) is 6.42 Å². The van der Waals surface area contributed by atoms with Gasteiger partial charge in [-0.3, -0.25) is 4.79 Å². The van der Waals surface area contributed by atoms with E-state index in [0.717, 1.165) is 17.8 Å². The van der Waals surface area contributed by atoms with Gasteiger partial charge in [-0.2, -0.15) is 5.10 Å². The van der Waals surface area contributed by atoms with E-state index in [2.05, 4.69) is 39.8 Å². The van der Waals surface area contributed by atoms with Gasteiger partial charge in [-0.1, -0.05) is 52.0 Å². The van der Waals surface area contributed by atoms with Crippen LogP contribution < -0.4 is 0 Å². The van der Waals surface area contributed by atoms with Crippen molar-refractivity contribution in [3.63, 3.8) is 0 Å². The molecule has 0 saturated heterocycles. The third kappa shape index (κ3) is 3.17. The summed E-state index contributed by atoms with van der Waals surface area (Å²) in [6.07, 6.45) is 1.17. The molecular formula is C24H25FN2O. The largest absolute Gasteiger partial charge is 0.294 e. The Labute approximate surface area is 165 Å². The molecule has 0 aliphatic heterocycles. The van der Waals surface area contributed by atoms with Crippen molar-refractivity contribution in [2.75, 3.05) is 0 Å². The van der Waals surface area contributed by atoms with Crippen molar-refractivity contribution in [1.82, 2.24) is 9.78 Å². The first-order valence-electron chi connectivity index (χ1n) is 9.77. The highest BCUT2D eigenvalue weighted by Gasteiger charge is 2.37. The van der Waals surface area contributed by atoms with Crippen LogP contribution in [0.15, 0.2) is 48.5 Å². The van der Waals surface area contributed by atoms with E-state index in [1.54, 1.807) is 18.2 Å². The summed E-state index contributed by atoms with van der Waals surface area (Å²) < 4.78 is 16.4. The zero-order chi connectivity index (χ0) is 20.1. The summed E-state index contributed by atoms with van der Waals surface area (Å²) in [5.74, 6) is 0.118. The fourth-order valence-corrected chi connectivity index (χ4v) is 4.00. The number of hydrogen-bond acceptors (Lipinski definition) is 2. The van der Waals surface area contributed by atoms with Gasteiger partial charge >= 0.3 is 0 Å². The Hall–Kier alpha value is -2.75. The lowest BCUT2D eigenvalue weighted by Gasteiger charge is -2.29. The lowest BCUT2D eigenvalue weighted by molar-refractivity contribution is 0.0911. The third-order valence-corrected chi connectivity index (χ3v) is 5.48. The molecule has 0 saturated carbocycles. The first kappa shape index (κ1) is 18.6. The minimum absolute atomic E-state index is 0.0366. The van der Waals surface area contributed by atoms with Gasteiger partial charge in [-0.25, -0.2) is 9.07 Å². The molecule has 4 heteroatoms. The molecule has 0 amide bonds. The molecule has 0 atom stereocenters. The fourth-order valence-electron chi connectivity index (χ4n) is 4.00. The normalized spacial score (nSPS) is 15.7. The average molecular weight is 376 g/mol. The molecule has 28 heavy (non-hydrogen) atoms. The van der Waals surface area contributed by atoms with Gasteiger partial charge < -0.3 is 0 Å². The maximum absolute atomic E-state index is 14.5. The highest BCUT2D eigenvalue weighted by Crippen LogP contribution is 2.40. The van der Waals surface area contributed by atoms with Gasteiger partial charge in [0.15, 0.2) is 5.78 Å². The molecule has 0 spiro atoms. The summed E-state index contributed by atoms with van der Waals surface area (Å²) in [5.41, 5.74) is 4.26. The second-order valence-corrected chi connectivity index (χ2v) is 8.75. The van der Waals surface area contributed by atoms with Crippen LogP contribution in [0.5, 0.6) is 0 Å². The van der Waals surface area contributed by atoms with E-state index in [0.29, 0.717) is 29.2 Å². The number of Topliss-reactive ketones (excluding diaryl/α,β-unsaturated/α-hetero) is 1. The van der Waals surface area contributed by atoms with Crippen LogP contribution in [0.4, 0.5) is 4.39 Å². The van der Waals surface area contributed by atoms with Crippen molar-refractivity contribution in [3.05, 3.63) is 71.2 Å². The number of nitrogens with zero attached hydrogens (tertiary/aromatic N) is 2. The van der Waals surface area contributed by atoms with Crippen molar-refractivity contribution in [2.24, 2.45) is 5.41 Å². The monoisotopic (exact) mass is 376 g/mol. The molecule has 0 bridgehead atoms. The number of halogens is 1.